The van der Waals surface area contributed by atoms with Crippen LogP contribution in [0.5, 0.6) is 0 Å². The Balaban J connectivity index is 2.37. The van der Waals surface area contributed by atoms with E-state index in [2.05, 4.69) is 18.7 Å². The Morgan fingerprint density at radius 1 is 1.69 bits per heavy atom. The molecule has 0 aromatic rings. The number of carboxylic acids is 1. The van der Waals surface area contributed by atoms with Gasteiger partial charge in [-0.05, 0) is 13.8 Å². The third-order valence-electron chi connectivity index (χ3n) is 2.30. The predicted molar refractivity (Wildman–Crippen MR) is 48.7 cm³/mol. The second-order valence-electron chi connectivity index (χ2n) is 3.68. The highest BCUT2D eigenvalue weighted by Crippen LogP contribution is 2.11. The second kappa shape index (κ2) is 4.58. The van der Waals surface area contributed by atoms with Crippen molar-refractivity contribution in [3.05, 3.63) is 0 Å². The van der Waals surface area contributed by atoms with Crippen molar-refractivity contribution in [2.75, 3.05) is 19.7 Å². The molecule has 76 valence electrons. The number of aliphatic carboxylic acids is 1. The van der Waals surface area contributed by atoms with Crippen LogP contribution in [0.4, 0.5) is 0 Å². The standard InChI is InChI=1S/C9H17NO3/c1-7(2)10-3-4-13-8(6-10)5-9(11)12/h7-8H,3-6H2,1-2H3,(H,11,12). The molecule has 1 atom stereocenters. The van der Waals surface area contributed by atoms with Crippen LogP contribution < -0.4 is 0 Å². The molecule has 0 spiro atoms. The van der Waals surface area contributed by atoms with Crippen molar-refractivity contribution in [2.24, 2.45) is 0 Å². The summed E-state index contributed by atoms with van der Waals surface area (Å²) in [5.41, 5.74) is 0. The Labute approximate surface area is 78.5 Å². The maximum absolute atomic E-state index is 10.4. The molecule has 0 aromatic carbocycles. The highest BCUT2D eigenvalue weighted by molar-refractivity contribution is 5.67. The lowest BCUT2D eigenvalue weighted by Crippen LogP contribution is -2.46. The zero-order chi connectivity index (χ0) is 9.84. The van der Waals surface area contributed by atoms with E-state index < -0.39 is 5.97 Å². The third kappa shape index (κ3) is 3.32. The largest absolute Gasteiger partial charge is 0.481 e. The summed E-state index contributed by atoms with van der Waals surface area (Å²) in [5, 5.41) is 8.59. The van der Waals surface area contributed by atoms with Crippen molar-refractivity contribution in [2.45, 2.75) is 32.4 Å². The van der Waals surface area contributed by atoms with Gasteiger partial charge in [-0.25, -0.2) is 0 Å². The van der Waals surface area contributed by atoms with Gasteiger partial charge in [0.05, 0.1) is 19.1 Å². The molecule has 0 saturated carbocycles. The Hall–Kier alpha value is -0.610. The van der Waals surface area contributed by atoms with Gasteiger partial charge in [0.15, 0.2) is 0 Å². The number of ether oxygens (including phenoxy) is 1. The molecular formula is C9H17NO3. The summed E-state index contributed by atoms with van der Waals surface area (Å²) in [6, 6.07) is 0.472. The zero-order valence-electron chi connectivity index (χ0n) is 8.19. The molecule has 1 aliphatic heterocycles. The van der Waals surface area contributed by atoms with Gasteiger partial charge in [0.2, 0.25) is 0 Å². The summed E-state index contributed by atoms with van der Waals surface area (Å²) in [7, 11) is 0. The molecule has 0 amide bonds. The van der Waals surface area contributed by atoms with Crippen LogP contribution in [-0.4, -0.2) is 47.8 Å². The van der Waals surface area contributed by atoms with Crippen LogP contribution in [0.1, 0.15) is 20.3 Å². The lowest BCUT2D eigenvalue weighted by atomic mass is 10.2. The van der Waals surface area contributed by atoms with E-state index in [1.807, 2.05) is 0 Å². The fourth-order valence-corrected chi connectivity index (χ4v) is 1.53. The minimum absolute atomic E-state index is 0.114. The van der Waals surface area contributed by atoms with Gasteiger partial charge in [0.1, 0.15) is 0 Å². The van der Waals surface area contributed by atoms with Crippen molar-refractivity contribution in [3.63, 3.8) is 0 Å². The molecule has 1 fully saturated rings. The molecule has 1 N–H and O–H groups in total. The lowest BCUT2D eigenvalue weighted by Gasteiger charge is -2.34. The molecule has 13 heavy (non-hydrogen) atoms. The number of carboxylic acid groups (broad SMARTS) is 1. The van der Waals surface area contributed by atoms with Gasteiger partial charge in [0.25, 0.3) is 0 Å². The summed E-state index contributed by atoms with van der Waals surface area (Å²) in [5.74, 6) is -0.782. The van der Waals surface area contributed by atoms with Crippen molar-refractivity contribution >= 4 is 5.97 Å². The maximum atomic E-state index is 10.4. The number of hydrogen-bond acceptors (Lipinski definition) is 3. The first-order chi connectivity index (χ1) is 6.09. The number of nitrogens with zero attached hydrogens (tertiary/aromatic N) is 1. The molecule has 4 heteroatoms. The lowest BCUT2D eigenvalue weighted by molar-refractivity contribution is -0.142. The molecule has 1 heterocycles. The van der Waals surface area contributed by atoms with Crippen LogP contribution in [0.15, 0.2) is 0 Å². The van der Waals surface area contributed by atoms with Gasteiger partial charge in [-0.15, -0.1) is 0 Å². The van der Waals surface area contributed by atoms with Gasteiger partial charge in [-0.1, -0.05) is 0 Å². The summed E-state index contributed by atoms with van der Waals surface area (Å²) in [6.45, 7) is 6.53. The number of carbonyl (C=O) groups is 1. The Bertz CT molecular complexity index is 182. The van der Waals surface area contributed by atoms with Crippen molar-refractivity contribution in [3.8, 4) is 0 Å². The van der Waals surface area contributed by atoms with Gasteiger partial charge in [0, 0.05) is 19.1 Å². The first-order valence-electron chi connectivity index (χ1n) is 4.67. The predicted octanol–water partition coefficient (Wildman–Crippen LogP) is 0.570. The van der Waals surface area contributed by atoms with E-state index in [-0.39, 0.29) is 12.5 Å². The number of rotatable bonds is 3. The van der Waals surface area contributed by atoms with E-state index in [4.69, 9.17) is 9.84 Å². The fraction of sp³-hybridized carbons (Fsp3) is 0.889. The Morgan fingerprint density at radius 2 is 2.38 bits per heavy atom. The minimum Gasteiger partial charge on any atom is -0.481 e. The van der Waals surface area contributed by atoms with E-state index in [9.17, 15) is 4.79 Å². The van der Waals surface area contributed by atoms with E-state index in [1.165, 1.54) is 0 Å². The van der Waals surface area contributed by atoms with Gasteiger partial charge in [-0.2, -0.15) is 0 Å². The van der Waals surface area contributed by atoms with Crippen molar-refractivity contribution in [1.29, 1.82) is 0 Å². The highest BCUT2D eigenvalue weighted by Gasteiger charge is 2.23. The van der Waals surface area contributed by atoms with Crippen LogP contribution in [0, 0.1) is 0 Å². The van der Waals surface area contributed by atoms with Crippen LogP contribution in [0.25, 0.3) is 0 Å². The molecular weight excluding hydrogens is 170 g/mol. The molecule has 1 aliphatic rings. The molecule has 1 saturated heterocycles. The molecule has 0 aliphatic carbocycles. The quantitative estimate of drug-likeness (QED) is 0.701. The molecule has 0 radical (unpaired) electrons. The molecule has 4 nitrogen and oxygen atoms in total. The molecule has 1 unspecified atom stereocenters. The first-order valence-corrected chi connectivity index (χ1v) is 4.67. The van der Waals surface area contributed by atoms with Crippen LogP contribution in [0.2, 0.25) is 0 Å². The number of morpholine rings is 1. The highest BCUT2D eigenvalue weighted by atomic mass is 16.5. The summed E-state index contributed by atoms with van der Waals surface area (Å²) in [6.07, 6.45) is -0.0166. The van der Waals surface area contributed by atoms with Crippen LogP contribution in [0.3, 0.4) is 0 Å². The normalized spacial score (nSPS) is 25.0. The van der Waals surface area contributed by atoms with Gasteiger partial charge >= 0.3 is 5.97 Å². The van der Waals surface area contributed by atoms with E-state index in [0.717, 1.165) is 13.1 Å². The topological polar surface area (TPSA) is 49.8 Å². The van der Waals surface area contributed by atoms with Crippen LogP contribution in [-0.2, 0) is 9.53 Å². The average Bonchev–Trinajstić information content (AvgIpc) is 2.03. The fourth-order valence-electron chi connectivity index (χ4n) is 1.53. The Morgan fingerprint density at radius 3 is 2.92 bits per heavy atom. The summed E-state index contributed by atoms with van der Waals surface area (Å²) >= 11 is 0. The Kier molecular flexibility index (Phi) is 3.69. The number of hydrogen-bond donors (Lipinski definition) is 1. The molecule has 1 rings (SSSR count). The SMILES string of the molecule is CC(C)N1CCOC(CC(=O)O)C1. The first kappa shape index (κ1) is 10.5. The smallest absolute Gasteiger partial charge is 0.306 e. The maximum Gasteiger partial charge on any atom is 0.306 e. The van der Waals surface area contributed by atoms with Gasteiger partial charge < -0.3 is 9.84 Å². The second-order valence-corrected chi connectivity index (χ2v) is 3.68. The third-order valence-corrected chi connectivity index (χ3v) is 2.30. The van der Waals surface area contributed by atoms with Crippen LogP contribution >= 0.6 is 0 Å². The molecule has 0 bridgehead atoms. The summed E-state index contributed by atoms with van der Waals surface area (Å²) in [4.78, 5) is 12.7. The summed E-state index contributed by atoms with van der Waals surface area (Å²) < 4.78 is 5.35. The van der Waals surface area contributed by atoms with E-state index in [0.29, 0.717) is 12.6 Å². The minimum atomic E-state index is -0.782. The molecule has 0 aromatic heterocycles. The monoisotopic (exact) mass is 187 g/mol. The van der Waals surface area contributed by atoms with Gasteiger partial charge in [-0.3, -0.25) is 9.69 Å². The zero-order valence-corrected chi connectivity index (χ0v) is 8.19. The van der Waals surface area contributed by atoms with Crippen molar-refractivity contribution in [1.82, 2.24) is 4.90 Å². The average molecular weight is 187 g/mol. The van der Waals surface area contributed by atoms with Crippen molar-refractivity contribution < 1.29 is 14.6 Å². The van der Waals surface area contributed by atoms with E-state index in [1.54, 1.807) is 0 Å². The van der Waals surface area contributed by atoms with E-state index >= 15 is 0 Å².